The first kappa shape index (κ1) is 18.4. The van der Waals surface area contributed by atoms with E-state index in [9.17, 15) is 14.7 Å². The number of hydrogen-bond acceptors (Lipinski definition) is 4. The summed E-state index contributed by atoms with van der Waals surface area (Å²) in [6, 6.07) is 11.3. The minimum atomic E-state index is -1.28. The number of aliphatic carboxylic acids is 1. The van der Waals surface area contributed by atoms with E-state index in [0.717, 1.165) is 0 Å². The monoisotopic (exact) mass is 361 g/mol. The van der Waals surface area contributed by atoms with E-state index < -0.39 is 11.9 Å². The predicted octanol–water partition coefficient (Wildman–Crippen LogP) is 3.21. The summed E-state index contributed by atoms with van der Waals surface area (Å²) in [6.07, 6.45) is 1.32. The molecule has 0 radical (unpaired) electrons. The molecule has 2 N–H and O–H groups in total. The molecule has 0 atom stereocenters. The molecule has 0 spiro atoms. The first-order chi connectivity index (χ1) is 12.0. The number of amides is 1. The number of methoxy groups -OCH3 is 2. The van der Waals surface area contributed by atoms with Crippen molar-refractivity contribution in [2.75, 3.05) is 14.2 Å². The Hall–Kier alpha value is -2.99. The quantitative estimate of drug-likeness (QED) is 0.772. The lowest BCUT2D eigenvalue weighted by Gasteiger charge is -2.10. The third-order valence-corrected chi connectivity index (χ3v) is 3.65. The fraction of sp³-hybridized carbons (Fsp3) is 0.111. The van der Waals surface area contributed by atoms with Gasteiger partial charge in [-0.1, -0.05) is 29.8 Å². The van der Waals surface area contributed by atoms with E-state index in [1.54, 1.807) is 36.4 Å². The first-order valence-electron chi connectivity index (χ1n) is 7.19. The molecule has 0 aliphatic carbocycles. The molecule has 0 fully saturated rings. The number of carbonyl (C=O) groups excluding carboxylic acids is 1. The Morgan fingerprint density at radius 3 is 2.36 bits per heavy atom. The molecule has 0 aromatic heterocycles. The Bertz CT molecular complexity index is 832. The van der Waals surface area contributed by atoms with Crippen LogP contribution in [0.5, 0.6) is 11.5 Å². The van der Waals surface area contributed by atoms with Crippen LogP contribution in [0.25, 0.3) is 6.08 Å². The van der Waals surface area contributed by atoms with Gasteiger partial charge in [0.2, 0.25) is 0 Å². The van der Waals surface area contributed by atoms with Crippen molar-refractivity contribution in [1.29, 1.82) is 0 Å². The van der Waals surface area contributed by atoms with Crippen LogP contribution in [0.1, 0.15) is 15.9 Å². The number of carboxylic acid groups (broad SMARTS) is 1. The van der Waals surface area contributed by atoms with Crippen LogP contribution in [-0.4, -0.2) is 31.2 Å². The summed E-state index contributed by atoms with van der Waals surface area (Å²) < 4.78 is 10.3. The number of rotatable bonds is 6. The van der Waals surface area contributed by atoms with Crippen molar-refractivity contribution < 1.29 is 24.2 Å². The van der Waals surface area contributed by atoms with Crippen molar-refractivity contribution in [2.24, 2.45) is 0 Å². The van der Waals surface area contributed by atoms with E-state index >= 15 is 0 Å². The van der Waals surface area contributed by atoms with Gasteiger partial charge in [-0.2, -0.15) is 0 Å². The average molecular weight is 362 g/mol. The minimum Gasteiger partial charge on any atom is -0.493 e. The summed E-state index contributed by atoms with van der Waals surface area (Å²) in [5.74, 6) is -0.940. The molecule has 1 amide bonds. The van der Waals surface area contributed by atoms with Gasteiger partial charge in [0.25, 0.3) is 5.91 Å². The summed E-state index contributed by atoms with van der Waals surface area (Å²) in [6.45, 7) is 0. The predicted molar refractivity (Wildman–Crippen MR) is 94.1 cm³/mol. The fourth-order valence-corrected chi connectivity index (χ4v) is 2.32. The van der Waals surface area contributed by atoms with Gasteiger partial charge in [-0.15, -0.1) is 0 Å². The Balaban J connectivity index is 2.32. The minimum absolute atomic E-state index is 0.184. The average Bonchev–Trinajstić information content (AvgIpc) is 2.61. The Morgan fingerprint density at radius 1 is 1.08 bits per heavy atom. The second-order valence-corrected chi connectivity index (χ2v) is 5.32. The number of benzene rings is 2. The highest BCUT2D eigenvalue weighted by molar-refractivity contribution is 6.34. The zero-order chi connectivity index (χ0) is 18.4. The van der Waals surface area contributed by atoms with E-state index in [-0.39, 0.29) is 16.3 Å². The lowest BCUT2D eigenvalue weighted by molar-refractivity contribution is -0.132. The van der Waals surface area contributed by atoms with Gasteiger partial charge in [0.15, 0.2) is 11.5 Å². The number of ether oxygens (including phenoxy) is 2. The summed E-state index contributed by atoms with van der Waals surface area (Å²) in [5, 5.41) is 11.9. The second-order valence-electron chi connectivity index (χ2n) is 4.91. The van der Waals surface area contributed by atoms with Crippen LogP contribution in [0.3, 0.4) is 0 Å². The van der Waals surface area contributed by atoms with Gasteiger partial charge in [0, 0.05) is 0 Å². The second kappa shape index (κ2) is 8.21. The van der Waals surface area contributed by atoms with Crippen molar-refractivity contribution >= 4 is 29.6 Å². The molecule has 0 saturated heterocycles. The zero-order valence-electron chi connectivity index (χ0n) is 13.6. The van der Waals surface area contributed by atoms with E-state index in [2.05, 4.69) is 5.32 Å². The maximum atomic E-state index is 12.2. The van der Waals surface area contributed by atoms with Crippen LogP contribution in [0.15, 0.2) is 48.2 Å². The molecule has 130 valence electrons. The van der Waals surface area contributed by atoms with Crippen LogP contribution < -0.4 is 14.8 Å². The van der Waals surface area contributed by atoms with Crippen molar-refractivity contribution in [3.8, 4) is 11.5 Å². The molecule has 0 bridgehead atoms. The highest BCUT2D eigenvalue weighted by atomic mass is 35.5. The largest absolute Gasteiger partial charge is 0.493 e. The van der Waals surface area contributed by atoms with Gasteiger partial charge in [0.05, 0.1) is 24.8 Å². The van der Waals surface area contributed by atoms with Crippen LogP contribution in [0.4, 0.5) is 0 Å². The standard InChI is InChI=1S/C18H16ClNO5/c1-24-15-8-7-11(10-16(15)25-2)9-14(18(22)23)20-17(21)12-5-3-4-6-13(12)19/h3-10H,1-2H3,(H,20,21)(H,22,23)/b14-9+. The molecule has 0 unspecified atom stereocenters. The molecular formula is C18H16ClNO5. The number of hydrogen-bond donors (Lipinski definition) is 2. The molecule has 6 nitrogen and oxygen atoms in total. The summed E-state index contributed by atoms with van der Waals surface area (Å²) in [4.78, 5) is 23.7. The molecule has 0 heterocycles. The van der Waals surface area contributed by atoms with E-state index in [1.165, 1.54) is 26.4 Å². The highest BCUT2D eigenvalue weighted by Crippen LogP contribution is 2.28. The van der Waals surface area contributed by atoms with Gasteiger partial charge >= 0.3 is 5.97 Å². The lowest BCUT2D eigenvalue weighted by atomic mass is 10.1. The summed E-state index contributed by atoms with van der Waals surface area (Å²) in [5.41, 5.74) is 0.412. The molecular weight excluding hydrogens is 346 g/mol. The smallest absolute Gasteiger partial charge is 0.352 e. The fourth-order valence-electron chi connectivity index (χ4n) is 2.10. The van der Waals surface area contributed by atoms with Gasteiger partial charge in [-0.05, 0) is 35.9 Å². The van der Waals surface area contributed by atoms with Crippen LogP contribution in [-0.2, 0) is 4.79 Å². The Morgan fingerprint density at radius 2 is 1.76 bits per heavy atom. The number of carbonyl (C=O) groups is 2. The Labute approximate surface area is 149 Å². The van der Waals surface area contributed by atoms with E-state index in [0.29, 0.717) is 17.1 Å². The normalized spacial score (nSPS) is 10.9. The maximum Gasteiger partial charge on any atom is 0.352 e. The summed E-state index contributed by atoms with van der Waals surface area (Å²) in [7, 11) is 2.97. The van der Waals surface area contributed by atoms with Crippen LogP contribution >= 0.6 is 11.6 Å². The lowest BCUT2D eigenvalue weighted by Crippen LogP contribution is -2.27. The van der Waals surface area contributed by atoms with Crippen molar-refractivity contribution in [1.82, 2.24) is 5.32 Å². The van der Waals surface area contributed by atoms with Gasteiger partial charge in [0.1, 0.15) is 5.70 Å². The van der Waals surface area contributed by atoms with Crippen molar-refractivity contribution in [2.45, 2.75) is 0 Å². The molecule has 0 saturated carbocycles. The molecule has 2 aromatic carbocycles. The van der Waals surface area contributed by atoms with Crippen LogP contribution in [0.2, 0.25) is 5.02 Å². The topological polar surface area (TPSA) is 84.9 Å². The van der Waals surface area contributed by atoms with Crippen molar-refractivity contribution in [3.05, 3.63) is 64.3 Å². The van der Waals surface area contributed by atoms with Gasteiger partial charge in [-0.25, -0.2) is 4.79 Å². The third-order valence-electron chi connectivity index (χ3n) is 3.32. The van der Waals surface area contributed by atoms with E-state index in [1.807, 2.05) is 0 Å². The Kier molecular flexibility index (Phi) is 6.03. The maximum absolute atomic E-state index is 12.2. The number of halogens is 1. The zero-order valence-corrected chi connectivity index (χ0v) is 14.3. The van der Waals surface area contributed by atoms with E-state index in [4.69, 9.17) is 21.1 Å². The summed E-state index contributed by atoms with van der Waals surface area (Å²) >= 11 is 5.96. The van der Waals surface area contributed by atoms with Crippen LogP contribution in [0, 0.1) is 0 Å². The molecule has 7 heteroatoms. The molecule has 0 aliphatic rings. The molecule has 2 rings (SSSR count). The SMILES string of the molecule is COc1ccc(/C=C(/NC(=O)c2ccccc2Cl)C(=O)O)cc1OC. The molecule has 25 heavy (non-hydrogen) atoms. The van der Waals surface area contributed by atoms with Gasteiger partial charge in [-0.3, -0.25) is 4.79 Å². The number of nitrogens with one attached hydrogen (secondary N) is 1. The van der Waals surface area contributed by atoms with Gasteiger partial charge < -0.3 is 19.9 Å². The molecule has 2 aromatic rings. The third kappa shape index (κ3) is 4.51. The first-order valence-corrected chi connectivity index (χ1v) is 7.57. The molecule has 0 aliphatic heterocycles. The number of carboxylic acids is 1. The highest BCUT2D eigenvalue weighted by Gasteiger charge is 2.16. The van der Waals surface area contributed by atoms with Crippen molar-refractivity contribution in [3.63, 3.8) is 0 Å².